The minimum Gasteiger partial charge on any atom is -0.351 e. The topological polar surface area (TPSA) is 107 Å². The largest absolute Gasteiger partial charge is 0.351 e. The van der Waals surface area contributed by atoms with E-state index in [1.54, 1.807) is 11.5 Å². The highest BCUT2D eigenvalue weighted by molar-refractivity contribution is 8.00. The number of primary amides is 1. The lowest BCUT2D eigenvalue weighted by Crippen LogP contribution is -2.39. The summed E-state index contributed by atoms with van der Waals surface area (Å²) in [4.78, 5) is 43.3. The lowest BCUT2D eigenvalue weighted by Gasteiger charge is -2.16. The number of thioether (sulfide) groups is 1. The van der Waals surface area contributed by atoms with Gasteiger partial charge in [0.1, 0.15) is 4.83 Å². The number of hydrogen-bond donors (Lipinski definition) is 2. The number of amides is 3. The predicted molar refractivity (Wildman–Crippen MR) is 122 cm³/mol. The zero-order valence-corrected chi connectivity index (χ0v) is 19.2. The van der Waals surface area contributed by atoms with Gasteiger partial charge in [0.05, 0.1) is 16.3 Å². The van der Waals surface area contributed by atoms with Crippen LogP contribution >= 0.6 is 23.1 Å². The van der Waals surface area contributed by atoms with E-state index in [0.29, 0.717) is 21.1 Å². The normalized spacial score (nSPS) is 12.2. The van der Waals surface area contributed by atoms with Crippen LogP contribution in [0.2, 0.25) is 0 Å². The second-order valence-corrected chi connectivity index (χ2v) is 9.60. The van der Waals surface area contributed by atoms with Gasteiger partial charge in [-0.25, -0.2) is 9.78 Å². The number of benzene rings is 1. The van der Waals surface area contributed by atoms with Gasteiger partial charge in [0, 0.05) is 4.88 Å². The van der Waals surface area contributed by atoms with Crippen molar-refractivity contribution in [2.45, 2.75) is 51.4 Å². The van der Waals surface area contributed by atoms with Crippen LogP contribution in [-0.4, -0.2) is 26.7 Å². The van der Waals surface area contributed by atoms with Crippen molar-refractivity contribution in [2.24, 2.45) is 5.73 Å². The number of aromatic nitrogens is 2. The minimum atomic E-state index is -0.913. The van der Waals surface area contributed by atoms with Crippen LogP contribution in [0.25, 0.3) is 15.9 Å². The number of carbonyl (C=O) groups excluding carboxylic acids is 2. The van der Waals surface area contributed by atoms with Crippen LogP contribution in [0, 0.1) is 20.8 Å². The fourth-order valence-electron chi connectivity index (χ4n) is 3.23. The van der Waals surface area contributed by atoms with Crippen LogP contribution in [-0.2, 0) is 11.2 Å². The first kappa shape index (κ1) is 22.0. The molecule has 3 rings (SSSR count). The van der Waals surface area contributed by atoms with E-state index < -0.39 is 17.2 Å². The molecule has 0 spiro atoms. The molecule has 0 aliphatic carbocycles. The van der Waals surface area contributed by atoms with E-state index in [1.807, 2.05) is 45.9 Å². The zero-order valence-electron chi connectivity index (χ0n) is 17.5. The summed E-state index contributed by atoms with van der Waals surface area (Å²) < 4.78 is 1.55. The van der Waals surface area contributed by atoms with Crippen LogP contribution in [0.3, 0.4) is 0 Å². The highest BCUT2D eigenvalue weighted by Crippen LogP contribution is 2.32. The van der Waals surface area contributed by atoms with Crippen molar-refractivity contribution >= 4 is 45.3 Å². The SMILES string of the molecule is CCc1c(C)sc2nc(S[C@H](C)C(=O)NC(N)=O)n(-c3ccc(C)c(C)c3)c(=O)c12. The van der Waals surface area contributed by atoms with Crippen molar-refractivity contribution in [1.29, 1.82) is 0 Å². The van der Waals surface area contributed by atoms with Gasteiger partial charge >= 0.3 is 6.03 Å². The number of nitrogens with two attached hydrogens (primary N) is 1. The Bertz CT molecular complexity index is 1210. The molecule has 0 unspecified atom stereocenters. The summed E-state index contributed by atoms with van der Waals surface area (Å²) in [5.41, 5.74) is 8.76. The predicted octanol–water partition coefficient (Wildman–Crippen LogP) is 3.61. The minimum absolute atomic E-state index is 0.158. The molecule has 0 fully saturated rings. The quantitative estimate of drug-likeness (QED) is 0.462. The van der Waals surface area contributed by atoms with Gasteiger partial charge in [-0.2, -0.15) is 0 Å². The zero-order chi connectivity index (χ0) is 22.2. The lowest BCUT2D eigenvalue weighted by molar-refractivity contribution is -0.119. The molecule has 2 aromatic heterocycles. The molecule has 1 aromatic carbocycles. The summed E-state index contributed by atoms with van der Waals surface area (Å²) in [6, 6.07) is 4.86. The van der Waals surface area contributed by atoms with E-state index in [4.69, 9.17) is 10.7 Å². The van der Waals surface area contributed by atoms with Crippen LogP contribution in [0.1, 0.15) is 35.4 Å². The van der Waals surface area contributed by atoms with E-state index in [2.05, 4.69) is 5.32 Å². The van der Waals surface area contributed by atoms with Crippen molar-refractivity contribution in [2.75, 3.05) is 0 Å². The van der Waals surface area contributed by atoms with Gasteiger partial charge in [-0.15, -0.1) is 11.3 Å². The average Bonchev–Trinajstić information content (AvgIpc) is 2.99. The molecular formula is C21H24N4O3S2. The molecule has 9 heteroatoms. The number of imide groups is 1. The number of thiophene rings is 1. The second-order valence-electron chi connectivity index (χ2n) is 7.09. The Hall–Kier alpha value is -2.65. The average molecular weight is 445 g/mol. The van der Waals surface area contributed by atoms with E-state index in [0.717, 1.165) is 39.8 Å². The van der Waals surface area contributed by atoms with Crippen LogP contribution in [0.15, 0.2) is 28.2 Å². The number of nitrogens with zero attached hydrogens (tertiary/aromatic N) is 2. The Morgan fingerprint density at radius 2 is 1.97 bits per heavy atom. The Labute approximate surface area is 182 Å². The first-order chi connectivity index (χ1) is 14.1. The number of urea groups is 1. The van der Waals surface area contributed by atoms with Crippen molar-refractivity contribution in [3.63, 3.8) is 0 Å². The number of nitrogens with one attached hydrogen (secondary N) is 1. The molecule has 3 amide bonds. The molecular weight excluding hydrogens is 420 g/mol. The number of carbonyl (C=O) groups is 2. The third-order valence-electron chi connectivity index (χ3n) is 5.00. The first-order valence-electron chi connectivity index (χ1n) is 9.53. The Morgan fingerprint density at radius 1 is 1.27 bits per heavy atom. The molecule has 0 saturated heterocycles. The van der Waals surface area contributed by atoms with Crippen molar-refractivity contribution < 1.29 is 9.59 Å². The summed E-state index contributed by atoms with van der Waals surface area (Å²) in [5, 5.41) is 2.42. The molecule has 0 aliphatic heterocycles. The van der Waals surface area contributed by atoms with Crippen LogP contribution in [0.4, 0.5) is 4.79 Å². The van der Waals surface area contributed by atoms with Crippen molar-refractivity contribution in [1.82, 2.24) is 14.9 Å². The molecule has 0 radical (unpaired) electrons. The Morgan fingerprint density at radius 3 is 2.57 bits per heavy atom. The van der Waals surface area contributed by atoms with E-state index in [-0.39, 0.29) is 5.56 Å². The highest BCUT2D eigenvalue weighted by Gasteiger charge is 2.23. The number of rotatable bonds is 5. The fourth-order valence-corrected chi connectivity index (χ4v) is 5.31. The van der Waals surface area contributed by atoms with Gasteiger partial charge in [-0.3, -0.25) is 19.5 Å². The molecule has 1 atom stereocenters. The molecule has 0 bridgehead atoms. The Kier molecular flexibility index (Phi) is 6.33. The first-order valence-corrected chi connectivity index (χ1v) is 11.2. The summed E-state index contributed by atoms with van der Waals surface area (Å²) in [7, 11) is 0. The molecule has 0 saturated carbocycles. The standard InChI is InChI=1S/C21H24N4O3S2/c1-6-15-12(4)29-18-16(15)19(27)25(14-8-7-10(2)11(3)9-14)21(24-18)30-13(5)17(26)23-20(22)28/h7-9,13H,6H2,1-5H3,(H3,22,23,26,28)/t13-/m1/s1. The summed E-state index contributed by atoms with van der Waals surface area (Å²) >= 11 is 2.59. The van der Waals surface area contributed by atoms with Gasteiger partial charge in [0.2, 0.25) is 5.91 Å². The smallest absolute Gasteiger partial charge is 0.318 e. The molecule has 3 N–H and O–H groups in total. The van der Waals surface area contributed by atoms with Gasteiger partial charge in [0.15, 0.2) is 5.16 Å². The summed E-state index contributed by atoms with van der Waals surface area (Å²) in [5.74, 6) is -0.537. The van der Waals surface area contributed by atoms with Crippen molar-refractivity contribution in [3.05, 3.63) is 50.1 Å². The van der Waals surface area contributed by atoms with Crippen LogP contribution < -0.4 is 16.6 Å². The molecule has 158 valence electrons. The molecule has 3 aromatic rings. The second kappa shape index (κ2) is 8.61. The number of hydrogen-bond acceptors (Lipinski definition) is 6. The summed E-state index contributed by atoms with van der Waals surface area (Å²) in [6.45, 7) is 9.64. The van der Waals surface area contributed by atoms with Crippen molar-refractivity contribution in [3.8, 4) is 5.69 Å². The van der Waals surface area contributed by atoms with Gasteiger partial charge < -0.3 is 5.73 Å². The monoisotopic (exact) mass is 444 g/mol. The fraction of sp³-hybridized carbons (Fsp3) is 0.333. The maximum atomic E-state index is 13.6. The molecule has 0 aliphatic rings. The summed E-state index contributed by atoms with van der Waals surface area (Å²) in [6.07, 6.45) is 0.736. The van der Waals surface area contributed by atoms with Gasteiger partial charge in [0.25, 0.3) is 5.56 Å². The number of fused-ring (bicyclic) bond motifs is 1. The maximum absolute atomic E-state index is 13.6. The maximum Gasteiger partial charge on any atom is 0.318 e. The highest BCUT2D eigenvalue weighted by atomic mass is 32.2. The van der Waals surface area contributed by atoms with Crippen LogP contribution in [0.5, 0.6) is 0 Å². The van der Waals surface area contributed by atoms with Gasteiger partial charge in [-0.05, 0) is 62.9 Å². The van der Waals surface area contributed by atoms with E-state index in [9.17, 15) is 14.4 Å². The molecule has 2 heterocycles. The molecule has 7 nitrogen and oxygen atoms in total. The van der Waals surface area contributed by atoms with E-state index >= 15 is 0 Å². The number of aryl methyl sites for hydroxylation is 4. The third-order valence-corrected chi connectivity index (χ3v) is 7.09. The molecule has 30 heavy (non-hydrogen) atoms. The van der Waals surface area contributed by atoms with Gasteiger partial charge in [-0.1, -0.05) is 24.8 Å². The lowest BCUT2D eigenvalue weighted by atomic mass is 10.1. The Balaban J connectivity index is 2.24. The van der Waals surface area contributed by atoms with E-state index in [1.165, 1.54) is 11.3 Å². The third kappa shape index (κ3) is 4.13.